The van der Waals surface area contributed by atoms with E-state index in [9.17, 15) is 0 Å². The summed E-state index contributed by atoms with van der Waals surface area (Å²) in [6.45, 7) is 6.39. The molecule has 0 spiro atoms. The molecule has 0 saturated carbocycles. The molecule has 10 rings (SSSR count). The van der Waals surface area contributed by atoms with Crippen LogP contribution in [0.3, 0.4) is 0 Å². The Bertz CT molecular complexity index is 2520. The van der Waals surface area contributed by atoms with Gasteiger partial charge in [-0.25, -0.2) is 0 Å². The summed E-state index contributed by atoms with van der Waals surface area (Å²) in [5.74, 6) is 1.20. The molecule has 2 heterocycles. The molecule has 0 radical (unpaired) electrons. The molecule has 4 atom stereocenters. The molecule has 0 bridgehead atoms. The molecule has 0 aromatic heterocycles. The number of fused-ring (bicyclic) bond motifs is 5. The van der Waals surface area contributed by atoms with E-state index in [1.54, 1.807) is 16.1 Å². The Morgan fingerprint density at radius 2 is 1.69 bits per heavy atom. The first kappa shape index (κ1) is 38.3. The molecule has 7 aliphatic rings. The lowest BCUT2D eigenvalue weighted by molar-refractivity contribution is 0.506. The van der Waals surface area contributed by atoms with E-state index >= 15 is 0 Å². The number of nitrogens with zero attached hydrogens (tertiary/aromatic N) is 1. The number of hydrogen-bond acceptors (Lipinski definition) is 3. The third-order valence-electron chi connectivity index (χ3n) is 13.2. The first-order chi connectivity index (χ1) is 29.2. The van der Waals surface area contributed by atoms with Crippen LogP contribution in [0.25, 0.3) is 28.3 Å². The largest absolute Gasteiger partial charge is 0.335 e. The van der Waals surface area contributed by atoms with Crippen LogP contribution in [-0.4, -0.2) is 11.3 Å². The van der Waals surface area contributed by atoms with Crippen LogP contribution in [0.5, 0.6) is 0 Å². The fourth-order valence-corrected chi connectivity index (χ4v) is 13.3. The van der Waals surface area contributed by atoms with E-state index in [1.807, 2.05) is 17.8 Å². The normalized spacial score (nSPS) is 24.4. The third-order valence-corrected chi connectivity index (χ3v) is 16.1. The van der Waals surface area contributed by atoms with Crippen LogP contribution in [0.2, 0.25) is 0 Å². The highest BCUT2D eigenvalue weighted by molar-refractivity contribution is 8.07. The summed E-state index contributed by atoms with van der Waals surface area (Å²) in [4.78, 5) is 7.09. The fraction of sp³-hybridized carbons (Fsp3) is 0.250. The van der Waals surface area contributed by atoms with Gasteiger partial charge in [0.25, 0.3) is 0 Å². The summed E-state index contributed by atoms with van der Waals surface area (Å²) in [6, 6.07) is 25.2. The quantitative estimate of drug-likeness (QED) is 0.188. The Morgan fingerprint density at radius 1 is 0.814 bits per heavy atom. The van der Waals surface area contributed by atoms with Gasteiger partial charge in [-0.05, 0) is 151 Å². The highest BCUT2D eigenvalue weighted by Crippen LogP contribution is 2.55. The van der Waals surface area contributed by atoms with Crippen LogP contribution in [0, 0.1) is 11.8 Å². The molecule has 0 saturated heterocycles. The van der Waals surface area contributed by atoms with Crippen molar-refractivity contribution in [1.29, 1.82) is 0 Å². The summed E-state index contributed by atoms with van der Waals surface area (Å²) in [5.41, 5.74) is 16.2. The lowest BCUT2D eigenvalue weighted by atomic mass is 9.83. The van der Waals surface area contributed by atoms with Crippen molar-refractivity contribution < 1.29 is 0 Å². The van der Waals surface area contributed by atoms with Gasteiger partial charge in [-0.1, -0.05) is 152 Å². The lowest BCUT2D eigenvalue weighted by Gasteiger charge is -2.35. The van der Waals surface area contributed by atoms with Gasteiger partial charge in [0, 0.05) is 37.3 Å². The Labute approximate surface area is 360 Å². The minimum absolute atomic E-state index is 0.196. The van der Waals surface area contributed by atoms with Crippen molar-refractivity contribution in [3.8, 4) is 11.1 Å². The predicted octanol–water partition coefficient (Wildman–Crippen LogP) is 15.8. The monoisotopic (exact) mass is 803 g/mol. The first-order valence-corrected chi connectivity index (χ1v) is 23.6. The Kier molecular flexibility index (Phi) is 11.0. The molecular formula is C56H53NS2. The van der Waals surface area contributed by atoms with Crippen molar-refractivity contribution in [2.24, 2.45) is 11.8 Å². The van der Waals surface area contributed by atoms with Crippen LogP contribution in [-0.2, 0) is 0 Å². The summed E-state index contributed by atoms with van der Waals surface area (Å²) < 4.78 is 0. The van der Waals surface area contributed by atoms with Crippen molar-refractivity contribution in [2.45, 2.75) is 80.9 Å². The lowest BCUT2D eigenvalue weighted by Crippen LogP contribution is -2.33. The Hall–Kier alpha value is -4.96. The predicted molar refractivity (Wildman–Crippen MR) is 258 cm³/mol. The van der Waals surface area contributed by atoms with Crippen LogP contribution in [0.1, 0.15) is 81.4 Å². The molecule has 3 heteroatoms. The molecule has 294 valence electrons. The second-order valence-electron chi connectivity index (χ2n) is 16.6. The van der Waals surface area contributed by atoms with Gasteiger partial charge in [0.15, 0.2) is 0 Å². The maximum Gasteiger partial charge on any atom is 0.0560 e. The summed E-state index contributed by atoms with van der Waals surface area (Å²) in [6.07, 6.45) is 45.8. The standard InChI is InChI=1S/C56H53NS2/c1-3-38-18-13-24-46(54(38)41-16-6-5-7-17-41)39-30-34-44(35-31-39)57(43(4-2)21-12-19-42-20-14-26-50-48-22-8-10-28-52(48)58-55(42)50)45-36-32-40(33-37-45)47-25-15-27-51-49-23-9-11-29-53(49)59-56(47)51/h3-4,6,8,10-13,15-18,21-22,24-26,28-36,42,45,51,55H,1,5,7,9,14,19-20,23,27,37H2,2H3/b21-12-,43-4+. The van der Waals surface area contributed by atoms with Crippen molar-refractivity contribution in [1.82, 2.24) is 0 Å². The molecule has 1 nitrogen and oxygen atoms in total. The van der Waals surface area contributed by atoms with Crippen LogP contribution in [0.4, 0.5) is 5.69 Å². The van der Waals surface area contributed by atoms with Crippen molar-refractivity contribution in [2.75, 3.05) is 4.90 Å². The minimum Gasteiger partial charge on any atom is -0.335 e. The van der Waals surface area contributed by atoms with Crippen LogP contribution in [0.15, 0.2) is 195 Å². The van der Waals surface area contributed by atoms with E-state index in [-0.39, 0.29) is 6.04 Å². The molecule has 4 unspecified atom stereocenters. The minimum atomic E-state index is 0.196. The second-order valence-corrected chi connectivity index (χ2v) is 18.9. The van der Waals surface area contributed by atoms with E-state index < -0.39 is 0 Å². The molecular weight excluding hydrogens is 751 g/mol. The van der Waals surface area contributed by atoms with Crippen LogP contribution < -0.4 is 4.90 Å². The smallest absolute Gasteiger partial charge is 0.0560 e. The zero-order valence-electron chi connectivity index (χ0n) is 34.2. The maximum atomic E-state index is 4.19. The van der Waals surface area contributed by atoms with Crippen molar-refractivity contribution in [3.63, 3.8) is 0 Å². The number of benzene rings is 3. The Balaban J connectivity index is 0.950. The zero-order valence-corrected chi connectivity index (χ0v) is 35.8. The van der Waals surface area contributed by atoms with Gasteiger partial charge in [-0.2, -0.15) is 0 Å². The average Bonchev–Trinajstić information content (AvgIpc) is 3.88. The number of rotatable bonds is 10. The van der Waals surface area contributed by atoms with E-state index in [4.69, 9.17) is 0 Å². The summed E-state index contributed by atoms with van der Waals surface area (Å²) in [7, 11) is 0. The summed E-state index contributed by atoms with van der Waals surface area (Å²) in [5, 5.41) is 0.552. The summed E-state index contributed by atoms with van der Waals surface area (Å²) >= 11 is 4.11. The van der Waals surface area contributed by atoms with Gasteiger partial charge < -0.3 is 4.90 Å². The van der Waals surface area contributed by atoms with Crippen molar-refractivity contribution in [3.05, 3.63) is 207 Å². The van der Waals surface area contributed by atoms with Gasteiger partial charge >= 0.3 is 0 Å². The second kappa shape index (κ2) is 17.0. The highest BCUT2D eigenvalue weighted by Gasteiger charge is 2.36. The number of thioether (sulfide) groups is 2. The molecule has 0 fully saturated rings. The first-order valence-electron chi connectivity index (χ1n) is 21.9. The van der Waals surface area contributed by atoms with Gasteiger partial charge in [0.1, 0.15) is 0 Å². The topological polar surface area (TPSA) is 3.24 Å². The van der Waals surface area contributed by atoms with Gasteiger partial charge in [-0.3, -0.25) is 0 Å². The van der Waals surface area contributed by atoms with E-state index in [0.717, 1.165) is 32.1 Å². The number of allylic oxidation sites excluding steroid dienone is 17. The van der Waals surface area contributed by atoms with Gasteiger partial charge in [0.05, 0.1) is 6.04 Å². The molecule has 3 aromatic rings. The molecule has 59 heavy (non-hydrogen) atoms. The third kappa shape index (κ3) is 7.36. The molecule has 5 aliphatic carbocycles. The van der Waals surface area contributed by atoms with E-state index in [1.165, 1.54) is 91.4 Å². The van der Waals surface area contributed by atoms with E-state index in [2.05, 4.69) is 182 Å². The van der Waals surface area contributed by atoms with Crippen LogP contribution >= 0.6 is 23.5 Å². The van der Waals surface area contributed by atoms with Crippen molar-refractivity contribution >= 4 is 46.4 Å². The zero-order chi connectivity index (χ0) is 39.7. The fourth-order valence-electron chi connectivity index (χ4n) is 10.3. The highest BCUT2D eigenvalue weighted by atomic mass is 32.2. The Morgan fingerprint density at radius 3 is 2.53 bits per heavy atom. The SMILES string of the molecule is C=Cc1cccc(-c2ccc(N(C(/C=C\CC3CCC=C4c5ccccc5SC43)=C/C)C3C=CC(C4=C5SC6=C(CCC=C6)C5CC=C4)=CC3)cc2)c1C1=CCCC=C1. The molecule has 2 aliphatic heterocycles. The number of anilines is 1. The van der Waals surface area contributed by atoms with Gasteiger partial charge in [0.2, 0.25) is 0 Å². The molecule has 0 N–H and O–H groups in total. The maximum absolute atomic E-state index is 4.19. The van der Waals surface area contributed by atoms with E-state index in [0.29, 0.717) is 17.1 Å². The molecule has 3 aromatic carbocycles. The molecule has 0 amide bonds. The van der Waals surface area contributed by atoms with Gasteiger partial charge in [-0.15, -0.1) is 11.8 Å². The average molecular weight is 804 g/mol. The number of hydrogen-bond donors (Lipinski definition) is 0.